The van der Waals surface area contributed by atoms with Gasteiger partial charge in [0.05, 0.1) is 24.7 Å². The van der Waals surface area contributed by atoms with Gasteiger partial charge in [-0.05, 0) is 13.8 Å². The Labute approximate surface area is 126 Å². The van der Waals surface area contributed by atoms with Gasteiger partial charge in [0.15, 0.2) is 0 Å². The Bertz CT molecular complexity index is 362. The summed E-state index contributed by atoms with van der Waals surface area (Å²) in [6, 6.07) is 0.487. The molecule has 0 aromatic rings. The maximum atomic E-state index is 11.7. The van der Waals surface area contributed by atoms with Crippen molar-refractivity contribution in [2.24, 2.45) is 0 Å². The number of carbonyl (C=O) groups is 1. The summed E-state index contributed by atoms with van der Waals surface area (Å²) in [6.45, 7) is 8.60. The molecule has 1 amide bonds. The van der Waals surface area contributed by atoms with Crippen LogP contribution in [0.1, 0.15) is 40.5 Å². The van der Waals surface area contributed by atoms with E-state index in [1.807, 2.05) is 13.8 Å². The Hall–Kier alpha value is -0.690. The highest BCUT2D eigenvalue weighted by Gasteiger charge is 2.50. The van der Waals surface area contributed by atoms with Gasteiger partial charge in [0.25, 0.3) is 0 Å². The van der Waals surface area contributed by atoms with Crippen molar-refractivity contribution in [1.29, 1.82) is 0 Å². The lowest BCUT2D eigenvalue weighted by Gasteiger charge is -2.21. The van der Waals surface area contributed by atoms with E-state index in [0.29, 0.717) is 25.4 Å². The number of hydrogen-bond donors (Lipinski definition) is 3. The highest BCUT2D eigenvalue weighted by atomic mass is 16.6. The quantitative estimate of drug-likeness (QED) is 0.652. The van der Waals surface area contributed by atoms with E-state index >= 15 is 0 Å². The predicted octanol–water partition coefficient (Wildman–Crippen LogP) is 0.185. The van der Waals surface area contributed by atoms with Gasteiger partial charge in [0.2, 0.25) is 5.91 Å². The van der Waals surface area contributed by atoms with Crippen molar-refractivity contribution < 1.29 is 19.4 Å². The van der Waals surface area contributed by atoms with Crippen LogP contribution in [0.3, 0.4) is 0 Å². The van der Waals surface area contributed by atoms with Crippen LogP contribution in [0.4, 0.5) is 0 Å². The van der Waals surface area contributed by atoms with Gasteiger partial charge in [-0.2, -0.15) is 0 Å². The standard InChI is InChI=1S/C15H28N2O4/c1-8(2)16-7-12-14(19)15-11(21-12)5-10(20-15)6-13(18)17-9(3)4/h8-12,14-16,19H,5-7H2,1-4H3,(H,17,18)/t10-,11+,12+,14+,15-/m0/s1. The molecule has 2 saturated heterocycles. The summed E-state index contributed by atoms with van der Waals surface area (Å²) in [7, 11) is 0. The lowest BCUT2D eigenvalue weighted by Crippen LogP contribution is -2.41. The van der Waals surface area contributed by atoms with Gasteiger partial charge < -0.3 is 25.2 Å². The molecule has 2 fully saturated rings. The zero-order valence-electron chi connectivity index (χ0n) is 13.3. The summed E-state index contributed by atoms with van der Waals surface area (Å²) in [5.41, 5.74) is 0. The molecule has 0 radical (unpaired) electrons. The van der Waals surface area contributed by atoms with Crippen LogP contribution >= 0.6 is 0 Å². The molecule has 2 aliphatic rings. The van der Waals surface area contributed by atoms with E-state index in [9.17, 15) is 9.90 Å². The molecule has 6 heteroatoms. The van der Waals surface area contributed by atoms with Crippen molar-refractivity contribution in [2.45, 2.75) is 83.1 Å². The number of nitrogens with one attached hydrogen (secondary N) is 2. The highest BCUT2D eigenvalue weighted by Crippen LogP contribution is 2.35. The van der Waals surface area contributed by atoms with Gasteiger partial charge in [0, 0.05) is 25.0 Å². The van der Waals surface area contributed by atoms with Gasteiger partial charge in [-0.3, -0.25) is 4.79 Å². The van der Waals surface area contributed by atoms with Crippen LogP contribution in [-0.4, -0.2) is 60.2 Å². The number of hydrogen-bond acceptors (Lipinski definition) is 5. The Balaban J connectivity index is 1.78. The maximum absolute atomic E-state index is 11.7. The predicted molar refractivity (Wildman–Crippen MR) is 79.0 cm³/mol. The van der Waals surface area contributed by atoms with Crippen molar-refractivity contribution in [1.82, 2.24) is 10.6 Å². The van der Waals surface area contributed by atoms with E-state index in [4.69, 9.17) is 9.47 Å². The first-order valence-electron chi connectivity index (χ1n) is 7.88. The largest absolute Gasteiger partial charge is 0.388 e. The van der Waals surface area contributed by atoms with E-state index in [1.54, 1.807) is 0 Å². The fraction of sp³-hybridized carbons (Fsp3) is 0.933. The van der Waals surface area contributed by atoms with Crippen molar-refractivity contribution >= 4 is 5.91 Å². The number of fused-ring (bicyclic) bond motifs is 1. The third-order valence-electron chi connectivity index (χ3n) is 3.87. The van der Waals surface area contributed by atoms with Crippen molar-refractivity contribution in [3.63, 3.8) is 0 Å². The SMILES string of the molecule is CC(C)NC[C@H]1O[C@@H]2C[C@@H](CC(=O)NC(C)C)O[C@@H]2[C@@H]1O. The molecule has 3 N–H and O–H groups in total. The molecule has 0 aromatic carbocycles. The van der Waals surface area contributed by atoms with Gasteiger partial charge in [0.1, 0.15) is 12.2 Å². The fourth-order valence-electron chi connectivity index (χ4n) is 2.95. The summed E-state index contributed by atoms with van der Waals surface area (Å²) in [6.07, 6.45) is -0.419. The molecule has 0 spiro atoms. The molecule has 21 heavy (non-hydrogen) atoms. The minimum absolute atomic E-state index is 0.0116. The lowest BCUT2D eigenvalue weighted by molar-refractivity contribution is -0.125. The average molecular weight is 300 g/mol. The van der Waals surface area contributed by atoms with E-state index in [-0.39, 0.29) is 36.4 Å². The first-order valence-corrected chi connectivity index (χ1v) is 7.88. The Morgan fingerprint density at radius 2 is 1.95 bits per heavy atom. The third-order valence-corrected chi connectivity index (χ3v) is 3.87. The molecule has 2 heterocycles. The number of aliphatic hydroxyl groups excluding tert-OH is 1. The second kappa shape index (κ2) is 7.05. The lowest BCUT2D eigenvalue weighted by atomic mass is 10.1. The number of amides is 1. The monoisotopic (exact) mass is 300 g/mol. The maximum Gasteiger partial charge on any atom is 0.222 e. The van der Waals surface area contributed by atoms with Crippen LogP contribution in [-0.2, 0) is 14.3 Å². The van der Waals surface area contributed by atoms with Gasteiger partial charge >= 0.3 is 0 Å². The molecule has 0 aliphatic carbocycles. The summed E-state index contributed by atoms with van der Waals surface area (Å²) in [4.78, 5) is 11.7. The van der Waals surface area contributed by atoms with Crippen molar-refractivity contribution in [2.75, 3.05) is 6.54 Å². The fourth-order valence-corrected chi connectivity index (χ4v) is 2.95. The topological polar surface area (TPSA) is 79.8 Å². The molecule has 0 saturated carbocycles. The van der Waals surface area contributed by atoms with Crippen LogP contribution in [0.15, 0.2) is 0 Å². The minimum atomic E-state index is -0.626. The minimum Gasteiger partial charge on any atom is -0.388 e. The van der Waals surface area contributed by atoms with E-state index < -0.39 is 6.10 Å². The molecule has 2 aliphatic heterocycles. The molecular weight excluding hydrogens is 272 g/mol. The summed E-state index contributed by atoms with van der Waals surface area (Å²) >= 11 is 0. The van der Waals surface area contributed by atoms with Crippen molar-refractivity contribution in [3.05, 3.63) is 0 Å². The normalized spacial score (nSPS) is 35.5. The molecule has 0 unspecified atom stereocenters. The van der Waals surface area contributed by atoms with Crippen LogP contribution < -0.4 is 10.6 Å². The molecule has 0 aromatic heterocycles. The second-order valence-corrected chi connectivity index (χ2v) is 6.65. The smallest absolute Gasteiger partial charge is 0.222 e. The number of ether oxygens (including phenoxy) is 2. The third kappa shape index (κ3) is 4.39. The van der Waals surface area contributed by atoms with Gasteiger partial charge in [-0.25, -0.2) is 0 Å². The van der Waals surface area contributed by atoms with Crippen LogP contribution in [0.25, 0.3) is 0 Å². The molecule has 5 atom stereocenters. The zero-order chi connectivity index (χ0) is 15.6. The summed E-state index contributed by atoms with van der Waals surface area (Å²) in [5, 5.41) is 16.4. The highest BCUT2D eigenvalue weighted by molar-refractivity contribution is 5.76. The molecule has 0 bridgehead atoms. The first-order chi connectivity index (χ1) is 9.86. The van der Waals surface area contributed by atoms with Crippen LogP contribution in [0, 0.1) is 0 Å². The van der Waals surface area contributed by atoms with Crippen LogP contribution in [0.5, 0.6) is 0 Å². The van der Waals surface area contributed by atoms with E-state index in [1.165, 1.54) is 0 Å². The Morgan fingerprint density at radius 3 is 2.52 bits per heavy atom. The van der Waals surface area contributed by atoms with E-state index in [2.05, 4.69) is 24.5 Å². The molecule has 122 valence electrons. The Morgan fingerprint density at radius 1 is 1.24 bits per heavy atom. The number of aliphatic hydroxyl groups is 1. The average Bonchev–Trinajstić information content (AvgIpc) is 2.85. The van der Waals surface area contributed by atoms with Crippen LogP contribution in [0.2, 0.25) is 0 Å². The summed E-state index contributed by atoms with van der Waals surface area (Å²) in [5.74, 6) is -0.0116. The molecular formula is C15H28N2O4. The molecule has 2 rings (SSSR count). The second-order valence-electron chi connectivity index (χ2n) is 6.65. The van der Waals surface area contributed by atoms with E-state index in [0.717, 1.165) is 0 Å². The number of rotatable bonds is 6. The molecule has 6 nitrogen and oxygen atoms in total. The summed E-state index contributed by atoms with van der Waals surface area (Å²) < 4.78 is 11.7. The first kappa shape index (κ1) is 16.7. The Kier molecular flexibility index (Phi) is 5.60. The number of carbonyl (C=O) groups excluding carboxylic acids is 1. The van der Waals surface area contributed by atoms with Gasteiger partial charge in [-0.15, -0.1) is 0 Å². The zero-order valence-corrected chi connectivity index (χ0v) is 13.3. The van der Waals surface area contributed by atoms with Crippen molar-refractivity contribution in [3.8, 4) is 0 Å². The van der Waals surface area contributed by atoms with Gasteiger partial charge in [-0.1, -0.05) is 13.8 Å².